The van der Waals surface area contributed by atoms with E-state index in [1.165, 1.54) is 7.11 Å². The van der Waals surface area contributed by atoms with E-state index in [9.17, 15) is 4.79 Å². The Morgan fingerprint density at radius 2 is 2.17 bits per heavy atom. The Morgan fingerprint density at radius 1 is 1.50 bits per heavy atom. The first-order chi connectivity index (χ1) is 5.70. The highest BCUT2D eigenvalue weighted by Gasteiger charge is 2.62. The SMILES string of the molecule is CO[C@]1(C)C(=O)[C@@H]2OCCO[C@@H]21. The zero-order valence-corrected chi connectivity index (χ0v) is 7.20. The van der Waals surface area contributed by atoms with E-state index < -0.39 is 5.60 Å². The van der Waals surface area contributed by atoms with E-state index in [0.29, 0.717) is 13.2 Å². The van der Waals surface area contributed by atoms with Gasteiger partial charge in [0, 0.05) is 7.11 Å². The normalized spacial score (nSPS) is 46.7. The van der Waals surface area contributed by atoms with Crippen molar-refractivity contribution in [2.45, 2.75) is 24.7 Å². The summed E-state index contributed by atoms with van der Waals surface area (Å²) in [5.41, 5.74) is -0.773. The van der Waals surface area contributed by atoms with Crippen molar-refractivity contribution in [2.24, 2.45) is 0 Å². The van der Waals surface area contributed by atoms with Crippen LogP contribution in [-0.4, -0.2) is 43.9 Å². The number of hydrogen-bond donors (Lipinski definition) is 0. The van der Waals surface area contributed by atoms with Gasteiger partial charge in [0.25, 0.3) is 0 Å². The second-order valence-corrected chi connectivity index (χ2v) is 3.26. The van der Waals surface area contributed by atoms with Crippen molar-refractivity contribution in [1.29, 1.82) is 0 Å². The Bertz CT molecular complexity index is 215. The first kappa shape index (κ1) is 8.16. The number of fused-ring (bicyclic) bond motifs is 1. The quantitative estimate of drug-likeness (QED) is 0.547. The van der Waals surface area contributed by atoms with Crippen molar-refractivity contribution >= 4 is 5.78 Å². The van der Waals surface area contributed by atoms with Gasteiger partial charge >= 0.3 is 0 Å². The van der Waals surface area contributed by atoms with Crippen LogP contribution in [0.5, 0.6) is 0 Å². The van der Waals surface area contributed by atoms with Gasteiger partial charge in [0.2, 0.25) is 0 Å². The summed E-state index contributed by atoms with van der Waals surface area (Å²) in [5, 5.41) is 0. The molecule has 1 saturated heterocycles. The molecular weight excluding hydrogens is 160 g/mol. The number of carbonyl (C=O) groups excluding carboxylic acids is 1. The second-order valence-electron chi connectivity index (χ2n) is 3.26. The molecule has 0 amide bonds. The molecule has 0 aromatic heterocycles. The van der Waals surface area contributed by atoms with Crippen LogP contribution in [0, 0.1) is 0 Å². The standard InChI is InChI=1S/C8H12O4/c1-8(10-2)6(9)5-7(8)12-4-3-11-5/h5,7H,3-4H2,1-2H3/t5-,7-,8+/m0/s1. The largest absolute Gasteiger partial charge is 0.369 e. The summed E-state index contributed by atoms with van der Waals surface area (Å²) in [6, 6.07) is 0. The summed E-state index contributed by atoms with van der Waals surface area (Å²) in [4.78, 5) is 11.4. The Labute approximate surface area is 70.8 Å². The zero-order chi connectivity index (χ0) is 8.77. The summed E-state index contributed by atoms with van der Waals surface area (Å²) in [5.74, 6) is -0.00491. The van der Waals surface area contributed by atoms with Crippen LogP contribution in [0.1, 0.15) is 6.92 Å². The fourth-order valence-corrected chi connectivity index (χ4v) is 1.73. The van der Waals surface area contributed by atoms with Gasteiger partial charge in [-0.15, -0.1) is 0 Å². The summed E-state index contributed by atoms with van der Waals surface area (Å²) < 4.78 is 15.7. The third-order valence-electron chi connectivity index (χ3n) is 2.67. The van der Waals surface area contributed by atoms with Crippen LogP contribution < -0.4 is 0 Å². The molecule has 2 fully saturated rings. The van der Waals surface area contributed by atoms with E-state index in [-0.39, 0.29) is 18.0 Å². The molecule has 0 bridgehead atoms. The van der Waals surface area contributed by atoms with Crippen molar-refractivity contribution in [1.82, 2.24) is 0 Å². The van der Waals surface area contributed by atoms with Crippen LogP contribution in [0.15, 0.2) is 0 Å². The van der Waals surface area contributed by atoms with Crippen LogP contribution in [-0.2, 0) is 19.0 Å². The molecule has 12 heavy (non-hydrogen) atoms. The minimum Gasteiger partial charge on any atom is -0.369 e. The van der Waals surface area contributed by atoms with Gasteiger partial charge in [-0.1, -0.05) is 0 Å². The molecule has 0 aromatic rings. The highest BCUT2D eigenvalue weighted by atomic mass is 16.6. The Balaban J connectivity index is 2.15. The lowest BCUT2D eigenvalue weighted by Gasteiger charge is -2.50. The minimum absolute atomic E-state index is 0.00491. The predicted octanol–water partition coefficient (Wildman–Crippen LogP) is -0.242. The number of ether oxygens (including phenoxy) is 3. The van der Waals surface area contributed by atoms with Crippen molar-refractivity contribution in [2.75, 3.05) is 20.3 Å². The Hall–Kier alpha value is -0.450. The highest BCUT2D eigenvalue weighted by molar-refractivity contribution is 5.99. The average molecular weight is 172 g/mol. The van der Waals surface area contributed by atoms with Crippen molar-refractivity contribution in [3.05, 3.63) is 0 Å². The van der Waals surface area contributed by atoms with E-state index in [0.717, 1.165) is 0 Å². The first-order valence-electron chi connectivity index (χ1n) is 4.03. The van der Waals surface area contributed by atoms with Gasteiger partial charge < -0.3 is 14.2 Å². The molecule has 0 aromatic carbocycles. The summed E-state index contributed by atoms with van der Waals surface area (Å²) in [6.45, 7) is 2.80. The Morgan fingerprint density at radius 3 is 2.83 bits per heavy atom. The molecule has 1 aliphatic carbocycles. The zero-order valence-electron chi connectivity index (χ0n) is 7.20. The van der Waals surface area contributed by atoms with Gasteiger partial charge in [-0.25, -0.2) is 0 Å². The van der Waals surface area contributed by atoms with E-state index >= 15 is 0 Å². The molecule has 1 saturated carbocycles. The lowest BCUT2D eigenvalue weighted by molar-refractivity contribution is -0.255. The third kappa shape index (κ3) is 0.800. The molecule has 4 heteroatoms. The van der Waals surface area contributed by atoms with Crippen molar-refractivity contribution in [3.8, 4) is 0 Å². The number of rotatable bonds is 1. The van der Waals surface area contributed by atoms with Crippen LogP contribution in [0.4, 0.5) is 0 Å². The number of ketones is 1. The maximum absolute atomic E-state index is 11.4. The monoisotopic (exact) mass is 172 g/mol. The average Bonchev–Trinajstić information content (AvgIpc) is 2.16. The molecule has 0 spiro atoms. The molecule has 1 aliphatic heterocycles. The third-order valence-corrected chi connectivity index (χ3v) is 2.67. The maximum Gasteiger partial charge on any atom is 0.198 e. The molecule has 0 N–H and O–H groups in total. The molecule has 3 atom stereocenters. The van der Waals surface area contributed by atoms with Gasteiger partial charge in [0.15, 0.2) is 11.4 Å². The summed E-state index contributed by atoms with van der Waals surface area (Å²) in [6.07, 6.45) is -0.590. The van der Waals surface area contributed by atoms with Gasteiger partial charge in [-0.3, -0.25) is 4.79 Å². The minimum atomic E-state index is -0.773. The first-order valence-corrected chi connectivity index (χ1v) is 4.03. The number of Topliss-reactive ketones (excluding diaryl/α,β-unsaturated/α-hetero) is 1. The second kappa shape index (κ2) is 2.52. The van der Waals surface area contributed by atoms with E-state index in [1.807, 2.05) is 0 Å². The van der Waals surface area contributed by atoms with Crippen molar-refractivity contribution < 1.29 is 19.0 Å². The summed E-state index contributed by atoms with van der Waals surface area (Å²) in [7, 11) is 1.52. The lowest BCUT2D eigenvalue weighted by atomic mass is 9.73. The fourth-order valence-electron chi connectivity index (χ4n) is 1.73. The topological polar surface area (TPSA) is 44.8 Å². The van der Waals surface area contributed by atoms with Crippen molar-refractivity contribution in [3.63, 3.8) is 0 Å². The van der Waals surface area contributed by atoms with Gasteiger partial charge in [-0.05, 0) is 6.92 Å². The number of methoxy groups -OCH3 is 1. The molecular formula is C8H12O4. The smallest absolute Gasteiger partial charge is 0.198 e. The van der Waals surface area contributed by atoms with Crippen LogP contribution in [0.3, 0.4) is 0 Å². The molecule has 68 valence electrons. The fraction of sp³-hybridized carbons (Fsp3) is 0.875. The van der Waals surface area contributed by atoms with Gasteiger partial charge in [-0.2, -0.15) is 0 Å². The number of hydrogen-bond acceptors (Lipinski definition) is 4. The van der Waals surface area contributed by atoms with Gasteiger partial charge in [0.05, 0.1) is 13.2 Å². The molecule has 4 nitrogen and oxygen atoms in total. The molecule has 1 heterocycles. The van der Waals surface area contributed by atoms with Crippen LogP contribution in [0.25, 0.3) is 0 Å². The lowest BCUT2D eigenvalue weighted by Crippen LogP contribution is -2.73. The van der Waals surface area contributed by atoms with Crippen LogP contribution >= 0.6 is 0 Å². The molecule has 2 rings (SSSR count). The molecule has 2 aliphatic rings. The van der Waals surface area contributed by atoms with Gasteiger partial charge in [0.1, 0.15) is 12.2 Å². The van der Waals surface area contributed by atoms with Crippen LogP contribution in [0.2, 0.25) is 0 Å². The Kier molecular flexibility index (Phi) is 1.71. The maximum atomic E-state index is 11.4. The predicted molar refractivity (Wildman–Crippen MR) is 39.9 cm³/mol. The van der Waals surface area contributed by atoms with E-state index in [1.54, 1.807) is 6.92 Å². The van der Waals surface area contributed by atoms with E-state index in [2.05, 4.69) is 0 Å². The summed E-state index contributed by atoms with van der Waals surface area (Å²) >= 11 is 0. The highest BCUT2D eigenvalue weighted by Crippen LogP contribution is 2.37. The molecule has 0 radical (unpaired) electrons. The number of carbonyl (C=O) groups is 1. The molecule has 0 unspecified atom stereocenters. The van der Waals surface area contributed by atoms with E-state index in [4.69, 9.17) is 14.2 Å².